The third-order valence-electron chi connectivity index (χ3n) is 7.07. The smallest absolute Gasteiger partial charge is 0.297 e. The van der Waals surface area contributed by atoms with E-state index in [9.17, 15) is 10.0 Å². The van der Waals surface area contributed by atoms with Crippen LogP contribution in [0.1, 0.15) is 34.5 Å². The first-order valence-corrected chi connectivity index (χ1v) is 10.4. The Balaban J connectivity index is 1.47. The molecule has 0 radical (unpaired) electrons. The highest BCUT2D eigenvalue weighted by Crippen LogP contribution is 2.66. The fraction of sp³-hybridized carbons (Fsp3) is 0.200. The predicted octanol–water partition coefficient (Wildman–Crippen LogP) is 3.44. The first-order valence-electron chi connectivity index (χ1n) is 10.4. The van der Waals surface area contributed by atoms with Crippen molar-refractivity contribution in [3.05, 3.63) is 112 Å². The standard InChI is InChI=1S/C25H18N2O4/c28-24-20(15-9-3-1-4-10-15)26(29)27-25(24,16-11-5-2-6-12-16)19-21-17-13-7-8-14-18(17)22(30-21)23(19)31-27/h1-14,19,21-23H/t19-,21-,22+,23-,25+/m1/s1. The van der Waals surface area contributed by atoms with Crippen molar-refractivity contribution in [3.8, 4) is 0 Å². The summed E-state index contributed by atoms with van der Waals surface area (Å²) in [6.07, 6.45) is -1.01. The maximum atomic E-state index is 14.2. The van der Waals surface area contributed by atoms with Crippen LogP contribution in [0.2, 0.25) is 0 Å². The second-order valence-electron chi connectivity index (χ2n) is 8.42. The van der Waals surface area contributed by atoms with Gasteiger partial charge in [-0.2, -0.15) is 0 Å². The zero-order chi connectivity index (χ0) is 20.7. The lowest BCUT2D eigenvalue weighted by Crippen LogP contribution is -2.50. The first kappa shape index (κ1) is 17.2. The Morgan fingerprint density at radius 3 is 2.16 bits per heavy atom. The average Bonchev–Trinajstić information content (AvgIpc) is 3.52. The van der Waals surface area contributed by atoms with Crippen molar-refractivity contribution in [3.63, 3.8) is 0 Å². The molecule has 3 aromatic rings. The van der Waals surface area contributed by atoms with Crippen LogP contribution in [-0.2, 0) is 19.9 Å². The van der Waals surface area contributed by atoms with E-state index in [1.807, 2.05) is 72.8 Å². The van der Waals surface area contributed by atoms with E-state index in [0.717, 1.165) is 16.7 Å². The number of carbonyl (C=O) groups is 1. The minimum Gasteiger partial charge on any atom is -0.594 e. The van der Waals surface area contributed by atoms with Crippen molar-refractivity contribution >= 4 is 11.5 Å². The van der Waals surface area contributed by atoms with Crippen LogP contribution in [0.4, 0.5) is 0 Å². The Hall–Kier alpha value is -3.48. The van der Waals surface area contributed by atoms with E-state index in [-0.39, 0.29) is 29.6 Å². The topological polar surface area (TPSA) is 64.8 Å². The molecule has 4 aliphatic heterocycles. The van der Waals surface area contributed by atoms with Gasteiger partial charge >= 0.3 is 0 Å². The highest BCUT2D eigenvalue weighted by Gasteiger charge is 2.78. The summed E-state index contributed by atoms with van der Waals surface area (Å²) < 4.78 is 6.36. The number of hydroxylamine groups is 1. The number of hydrogen-bond donors (Lipinski definition) is 0. The Kier molecular flexibility index (Phi) is 3.23. The first-order chi connectivity index (χ1) is 15.2. The van der Waals surface area contributed by atoms with Crippen LogP contribution in [0, 0.1) is 11.1 Å². The van der Waals surface area contributed by atoms with E-state index < -0.39 is 11.6 Å². The zero-order valence-electron chi connectivity index (χ0n) is 16.4. The number of carbonyl (C=O) groups excluding carboxylic acids is 1. The molecule has 0 N–H and O–H groups in total. The lowest BCUT2D eigenvalue weighted by atomic mass is 9.66. The molecule has 0 aliphatic carbocycles. The lowest BCUT2D eigenvalue weighted by molar-refractivity contribution is -0.722. The number of ketones is 1. The molecule has 0 amide bonds. The molecule has 2 saturated heterocycles. The molecular formula is C25H18N2O4. The van der Waals surface area contributed by atoms with Crippen molar-refractivity contribution in [2.75, 3.05) is 0 Å². The number of nitrogens with zero attached hydrogens (tertiary/aromatic N) is 2. The molecular weight excluding hydrogens is 392 g/mol. The predicted molar refractivity (Wildman–Crippen MR) is 111 cm³/mol. The third kappa shape index (κ3) is 1.90. The van der Waals surface area contributed by atoms with E-state index in [0.29, 0.717) is 10.4 Å². The van der Waals surface area contributed by atoms with E-state index in [2.05, 4.69) is 0 Å². The fourth-order valence-electron chi connectivity index (χ4n) is 5.88. The van der Waals surface area contributed by atoms with Gasteiger partial charge in [0.05, 0.1) is 17.6 Å². The summed E-state index contributed by atoms with van der Waals surface area (Å²) in [5.74, 6) is -0.582. The van der Waals surface area contributed by atoms with Gasteiger partial charge in [-0.05, 0) is 38.8 Å². The number of rotatable bonds is 2. The number of benzene rings is 3. The van der Waals surface area contributed by atoms with Crippen LogP contribution < -0.4 is 0 Å². The van der Waals surface area contributed by atoms with Crippen LogP contribution in [0.5, 0.6) is 0 Å². The molecule has 5 atom stereocenters. The van der Waals surface area contributed by atoms with Gasteiger partial charge in [-0.3, -0.25) is 4.79 Å². The van der Waals surface area contributed by atoms with Crippen LogP contribution in [0.3, 0.4) is 0 Å². The van der Waals surface area contributed by atoms with E-state index in [4.69, 9.17) is 9.57 Å². The second kappa shape index (κ2) is 5.81. The molecule has 0 spiro atoms. The van der Waals surface area contributed by atoms with Gasteiger partial charge in [0.1, 0.15) is 12.2 Å². The molecule has 3 aromatic carbocycles. The highest BCUT2D eigenvalue weighted by atomic mass is 16.8. The third-order valence-corrected chi connectivity index (χ3v) is 7.07. The maximum Gasteiger partial charge on any atom is 0.297 e. The number of hydrazine groups is 1. The molecule has 4 aliphatic rings. The monoisotopic (exact) mass is 410 g/mol. The van der Waals surface area contributed by atoms with Crippen molar-refractivity contribution in [1.82, 2.24) is 5.17 Å². The number of fused-ring (bicyclic) bond motifs is 10. The Bertz CT molecular complexity index is 1260. The summed E-state index contributed by atoms with van der Waals surface area (Å²) in [5.41, 5.74) is 2.30. The molecule has 7 rings (SSSR count). The van der Waals surface area contributed by atoms with E-state index in [1.54, 1.807) is 12.1 Å². The summed E-state index contributed by atoms with van der Waals surface area (Å²) in [6, 6.07) is 26.6. The number of hydrazone groups is 1. The molecule has 4 heterocycles. The molecule has 2 fully saturated rings. The summed E-state index contributed by atoms with van der Waals surface area (Å²) >= 11 is 0. The summed E-state index contributed by atoms with van der Waals surface area (Å²) in [5, 5.41) is 14.8. The zero-order valence-corrected chi connectivity index (χ0v) is 16.4. The van der Waals surface area contributed by atoms with Crippen LogP contribution in [0.25, 0.3) is 0 Å². The van der Waals surface area contributed by atoms with Gasteiger partial charge in [-0.1, -0.05) is 72.8 Å². The van der Waals surface area contributed by atoms with Crippen molar-refractivity contribution < 1.29 is 19.2 Å². The molecule has 152 valence electrons. The fourth-order valence-corrected chi connectivity index (χ4v) is 5.88. The second-order valence-corrected chi connectivity index (χ2v) is 8.42. The Labute approximate surface area is 178 Å². The van der Waals surface area contributed by atoms with Crippen molar-refractivity contribution in [2.45, 2.75) is 23.9 Å². The number of Topliss-reactive ketones (excluding diaryl/α,β-unsaturated/α-hetero) is 1. The van der Waals surface area contributed by atoms with Gasteiger partial charge in [0.2, 0.25) is 5.54 Å². The minimum atomic E-state index is -1.27. The average molecular weight is 410 g/mol. The van der Waals surface area contributed by atoms with Crippen molar-refractivity contribution in [2.24, 2.45) is 5.92 Å². The normalized spacial score (nSPS) is 32.4. The lowest BCUT2D eigenvalue weighted by Gasteiger charge is -2.32. The van der Waals surface area contributed by atoms with Gasteiger partial charge in [0, 0.05) is 0 Å². The van der Waals surface area contributed by atoms with Crippen LogP contribution >= 0.6 is 0 Å². The van der Waals surface area contributed by atoms with Crippen LogP contribution in [0.15, 0.2) is 84.9 Å². The van der Waals surface area contributed by atoms with Gasteiger partial charge in [0.25, 0.3) is 11.5 Å². The van der Waals surface area contributed by atoms with Gasteiger partial charge in [0.15, 0.2) is 0 Å². The van der Waals surface area contributed by atoms with Gasteiger partial charge < -0.3 is 9.94 Å². The largest absolute Gasteiger partial charge is 0.594 e. The Morgan fingerprint density at radius 2 is 1.45 bits per heavy atom. The van der Waals surface area contributed by atoms with Gasteiger partial charge in [-0.15, -0.1) is 0 Å². The quantitative estimate of drug-likeness (QED) is 0.478. The van der Waals surface area contributed by atoms with E-state index >= 15 is 0 Å². The molecule has 6 nitrogen and oxygen atoms in total. The summed E-state index contributed by atoms with van der Waals surface area (Å²) in [6.45, 7) is 0. The van der Waals surface area contributed by atoms with Crippen LogP contribution in [-0.4, -0.2) is 27.6 Å². The molecule has 6 heteroatoms. The maximum absolute atomic E-state index is 14.2. The number of hydrogen-bond acceptors (Lipinski definition) is 5. The summed E-state index contributed by atoms with van der Waals surface area (Å²) in [4.78, 5) is 21.1. The molecule has 0 unspecified atom stereocenters. The van der Waals surface area contributed by atoms with Crippen molar-refractivity contribution in [1.29, 1.82) is 0 Å². The van der Waals surface area contributed by atoms with E-state index in [1.165, 1.54) is 5.17 Å². The minimum absolute atomic E-state index is 0.0963. The van der Waals surface area contributed by atoms with Gasteiger partial charge in [-0.25, -0.2) is 4.84 Å². The SMILES string of the molecule is O=C1C(c2ccccc2)=[N+]([O-])N2O[C@@H]3[C@@H]([C@@H]4O[C@H]3c3ccccc34)[C@@]12c1ccccc1. The molecule has 31 heavy (non-hydrogen) atoms. The summed E-state index contributed by atoms with van der Waals surface area (Å²) in [7, 11) is 0. The Morgan fingerprint density at radius 1 is 0.839 bits per heavy atom. The molecule has 0 saturated carbocycles. The molecule has 2 bridgehead atoms. The highest BCUT2D eigenvalue weighted by molar-refractivity contribution is 6.47. The molecule has 0 aromatic heterocycles. The number of ether oxygens (including phenoxy) is 1.